The van der Waals surface area contributed by atoms with Crippen molar-refractivity contribution in [2.45, 2.75) is 42.7 Å². The maximum atomic E-state index is 13.5. The normalized spacial score (nSPS) is 24.2. The molecule has 2 fully saturated rings. The van der Waals surface area contributed by atoms with Crippen LogP contribution in [0.25, 0.3) is 0 Å². The zero-order valence-corrected chi connectivity index (χ0v) is 20.8. The Morgan fingerprint density at radius 2 is 1.58 bits per heavy atom. The molecule has 2 aromatic rings. The van der Waals surface area contributed by atoms with Crippen molar-refractivity contribution in [2.24, 2.45) is 0 Å². The van der Waals surface area contributed by atoms with Gasteiger partial charge in [-0.3, -0.25) is 9.80 Å². The lowest BCUT2D eigenvalue weighted by molar-refractivity contribution is 0.101. The molecule has 0 spiro atoms. The van der Waals surface area contributed by atoms with Gasteiger partial charge in [-0.15, -0.1) is 0 Å². The molecule has 2 aliphatic heterocycles. The fourth-order valence-electron chi connectivity index (χ4n) is 4.68. The largest absolute Gasteiger partial charge is 0.491 e. The minimum absolute atomic E-state index is 0.0163. The molecule has 9 heteroatoms. The topological polar surface area (TPSA) is 84.0 Å². The van der Waals surface area contributed by atoms with Gasteiger partial charge in [-0.25, -0.2) is 16.8 Å². The zero-order chi connectivity index (χ0) is 23.6. The van der Waals surface area contributed by atoms with E-state index < -0.39 is 31.0 Å². The van der Waals surface area contributed by atoms with Crippen LogP contribution in [0.15, 0.2) is 59.5 Å². The molecule has 2 aliphatic rings. The van der Waals surface area contributed by atoms with Crippen LogP contribution in [0.1, 0.15) is 19.4 Å². The van der Waals surface area contributed by atoms with E-state index in [1.165, 1.54) is 17.7 Å². The lowest BCUT2D eigenvalue weighted by Crippen LogP contribution is -2.54. The molecular formula is C24H32N2O5S2. The summed E-state index contributed by atoms with van der Waals surface area (Å²) >= 11 is 0. The molecule has 0 unspecified atom stereocenters. The van der Waals surface area contributed by atoms with E-state index in [4.69, 9.17) is 4.74 Å². The Morgan fingerprint density at radius 3 is 2.18 bits per heavy atom. The van der Waals surface area contributed by atoms with Crippen molar-refractivity contribution >= 4 is 19.7 Å². The lowest BCUT2D eigenvalue weighted by Gasteiger charge is -2.39. The molecule has 0 aliphatic carbocycles. The number of sulfone groups is 2. The molecule has 0 bridgehead atoms. The average molecular weight is 493 g/mol. The van der Waals surface area contributed by atoms with Crippen molar-refractivity contribution in [3.05, 3.63) is 60.2 Å². The molecule has 0 amide bonds. The van der Waals surface area contributed by atoms with E-state index in [0.29, 0.717) is 18.8 Å². The summed E-state index contributed by atoms with van der Waals surface area (Å²) in [4.78, 5) is 4.53. The van der Waals surface area contributed by atoms with Crippen LogP contribution in [-0.2, 0) is 26.2 Å². The fourth-order valence-corrected chi connectivity index (χ4v) is 9.51. The number of hydrogen-bond acceptors (Lipinski definition) is 7. The second kappa shape index (κ2) is 9.74. The average Bonchev–Trinajstić information content (AvgIpc) is 3.11. The van der Waals surface area contributed by atoms with E-state index in [1.807, 2.05) is 32.0 Å². The molecule has 0 radical (unpaired) electrons. The van der Waals surface area contributed by atoms with Gasteiger partial charge in [0, 0.05) is 38.8 Å². The first-order chi connectivity index (χ1) is 15.6. The van der Waals surface area contributed by atoms with Crippen LogP contribution in [-0.4, -0.2) is 81.7 Å². The van der Waals surface area contributed by atoms with Crippen LogP contribution in [0, 0.1) is 0 Å². The van der Waals surface area contributed by atoms with Gasteiger partial charge >= 0.3 is 0 Å². The highest BCUT2D eigenvalue weighted by Crippen LogP contribution is 2.30. The Hall–Kier alpha value is -1.94. The Labute approximate surface area is 197 Å². The molecule has 2 saturated heterocycles. The highest BCUT2D eigenvalue weighted by atomic mass is 32.2. The van der Waals surface area contributed by atoms with Crippen molar-refractivity contribution < 1.29 is 21.6 Å². The molecule has 7 nitrogen and oxygen atoms in total. The number of ether oxygens (including phenoxy) is 1. The van der Waals surface area contributed by atoms with E-state index in [0.717, 1.165) is 19.6 Å². The number of piperazine rings is 1. The van der Waals surface area contributed by atoms with Gasteiger partial charge in [-0.2, -0.15) is 0 Å². The van der Waals surface area contributed by atoms with Gasteiger partial charge in [0.05, 0.1) is 27.8 Å². The van der Waals surface area contributed by atoms with E-state index in [1.54, 1.807) is 12.1 Å². The van der Waals surface area contributed by atoms with Gasteiger partial charge in [0.2, 0.25) is 0 Å². The van der Waals surface area contributed by atoms with Crippen LogP contribution >= 0.6 is 0 Å². The minimum atomic E-state index is -3.81. The first-order valence-corrected chi connectivity index (χ1v) is 14.7. The molecule has 0 N–H and O–H groups in total. The van der Waals surface area contributed by atoms with Crippen molar-refractivity contribution in [1.82, 2.24) is 9.80 Å². The summed E-state index contributed by atoms with van der Waals surface area (Å²) in [5.74, 6) is 0.160. The highest BCUT2D eigenvalue weighted by Gasteiger charge is 2.48. The van der Waals surface area contributed by atoms with Gasteiger partial charge in [0.1, 0.15) is 5.75 Å². The number of benzene rings is 2. The zero-order valence-electron chi connectivity index (χ0n) is 19.1. The van der Waals surface area contributed by atoms with Gasteiger partial charge in [-0.05, 0) is 43.7 Å². The van der Waals surface area contributed by atoms with Crippen LogP contribution in [0.3, 0.4) is 0 Å². The molecule has 2 heterocycles. The summed E-state index contributed by atoms with van der Waals surface area (Å²) in [7, 11) is -7.24. The summed E-state index contributed by atoms with van der Waals surface area (Å²) in [6.07, 6.45) is -0.0163. The Balaban J connectivity index is 1.47. The van der Waals surface area contributed by atoms with E-state index >= 15 is 0 Å². The van der Waals surface area contributed by atoms with Crippen molar-refractivity contribution in [2.75, 3.05) is 37.7 Å². The van der Waals surface area contributed by atoms with Crippen LogP contribution in [0.2, 0.25) is 0 Å². The summed E-state index contributed by atoms with van der Waals surface area (Å²) in [6, 6.07) is 16.0. The number of nitrogens with zero attached hydrogens (tertiary/aromatic N) is 2. The molecule has 180 valence electrons. The summed E-state index contributed by atoms with van der Waals surface area (Å²) in [5, 5.41) is -0.958. The SMILES string of the molecule is CC(C)Oc1ccc(S(=O)(=O)[C@H]2CS(=O)(=O)C[C@@H]2N2CCN(Cc3ccccc3)CC2)cc1. The van der Waals surface area contributed by atoms with E-state index in [-0.39, 0.29) is 22.5 Å². The quantitative estimate of drug-likeness (QED) is 0.586. The highest BCUT2D eigenvalue weighted by molar-refractivity contribution is 7.96. The molecule has 0 aromatic heterocycles. The summed E-state index contributed by atoms with van der Waals surface area (Å²) in [6.45, 7) is 7.50. The molecular weight excluding hydrogens is 460 g/mol. The second-order valence-corrected chi connectivity index (χ2v) is 13.5. The first-order valence-electron chi connectivity index (χ1n) is 11.4. The van der Waals surface area contributed by atoms with Gasteiger partial charge < -0.3 is 4.74 Å². The Kier molecular flexibility index (Phi) is 7.14. The van der Waals surface area contributed by atoms with E-state index in [9.17, 15) is 16.8 Å². The van der Waals surface area contributed by atoms with Crippen molar-refractivity contribution in [3.63, 3.8) is 0 Å². The maximum absolute atomic E-state index is 13.5. The third-order valence-corrected chi connectivity index (χ3v) is 10.5. The van der Waals surface area contributed by atoms with Crippen molar-refractivity contribution in [3.8, 4) is 5.75 Å². The minimum Gasteiger partial charge on any atom is -0.491 e. The molecule has 2 aromatic carbocycles. The van der Waals surface area contributed by atoms with Gasteiger partial charge in [0.25, 0.3) is 0 Å². The van der Waals surface area contributed by atoms with E-state index in [2.05, 4.69) is 21.9 Å². The van der Waals surface area contributed by atoms with Crippen LogP contribution < -0.4 is 4.74 Å². The lowest BCUT2D eigenvalue weighted by atomic mass is 10.1. The van der Waals surface area contributed by atoms with Crippen LogP contribution in [0.4, 0.5) is 0 Å². The predicted molar refractivity (Wildman–Crippen MR) is 129 cm³/mol. The first kappa shape index (κ1) is 24.2. The third kappa shape index (κ3) is 5.77. The summed E-state index contributed by atoms with van der Waals surface area (Å²) < 4.78 is 57.6. The monoisotopic (exact) mass is 492 g/mol. The maximum Gasteiger partial charge on any atom is 0.183 e. The Bertz CT molecular complexity index is 1140. The summed E-state index contributed by atoms with van der Waals surface area (Å²) in [5.41, 5.74) is 1.24. The van der Waals surface area contributed by atoms with Gasteiger partial charge in [0.15, 0.2) is 19.7 Å². The third-order valence-electron chi connectivity index (χ3n) is 6.32. The predicted octanol–water partition coefficient (Wildman–Crippen LogP) is 2.23. The van der Waals surface area contributed by atoms with Gasteiger partial charge in [-0.1, -0.05) is 30.3 Å². The molecule has 2 atom stereocenters. The number of rotatable bonds is 7. The number of hydrogen-bond donors (Lipinski definition) is 0. The molecule has 0 saturated carbocycles. The Morgan fingerprint density at radius 1 is 0.939 bits per heavy atom. The van der Waals surface area contributed by atoms with Crippen molar-refractivity contribution in [1.29, 1.82) is 0 Å². The smallest absolute Gasteiger partial charge is 0.183 e. The van der Waals surface area contributed by atoms with Crippen LogP contribution in [0.5, 0.6) is 5.75 Å². The fraction of sp³-hybridized carbons (Fsp3) is 0.500. The molecule has 33 heavy (non-hydrogen) atoms. The molecule has 4 rings (SSSR count). The second-order valence-electron chi connectivity index (χ2n) is 9.16. The standard InChI is InChI=1S/C24H32N2O5S2/c1-19(2)31-21-8-10-22(11-9-21)33(29,30)24-18-32(27,28)17-23(24)26-14-12-25(13-15-26)16-20-6-4-3-5-7-20/h3-11,19,23-24H,12-18H2,1-2H3/t23-,24-/m0/s1.